The summed E-state index contributed by atoms with van der Waals surface area (Å²) in [5.74, 6) is -0.308. The second-order valence-electron chi connectivity index (χ2n) is 4.54. The van der Waals surface area contributed by atoms with Gasteiger partial charge in [0.2, 0.25) is 0 Å². The van der Waals surface area contributed by atoms with Gasteiger partial charge in [-0.05, 0) is 26.8 Å². The summed E-state index contributed by atoms with van der Waals surface area (Å²) in [5, 5.41) is 0. The molecule has 1 aromatic heterocycles. The van der Waals surface area contributed by atoms with Crippen LogP contribution in [0.2, 0.25) is 0 Å². The van der Waals surface area contributed by atoms with Gasteiger partial charge < -0.3 is 15.0 Å². The minimum atomic E-state index is -0.462. The molecule has 0 aliphatic carbocycles. The fourth-order valence-electron chi connectivity index (χ4n) is 1.26. The van der Waals surface area contributed by atoms with Gasteiger partial charge in [-0.2, -0.15) is 0 Å². The van der Waals surface area contributed by atoms with Gasteiger partial charge in [-0.1, -0.05) is 0 Å². The van der Waals surface area contributed by atoms with E-state index in [9.17, 15) is 4.79 Å². The molecule has 15 heavy (non-hydrogen) atoms. The fraction of sp³-hybridized carbons (Fsp3) is 0.545. The van der Waals surface area contributed by atoms with Gasteiger partial charge >= 0.3 is 5.97 Å². The van der Waals surface area contributed by atoms with Gasteiger partial charge in [-0.25, -0.2) is 4.79 Å². The summed E-state index contributed by atoms with van der Waals surface area (Å²) in [6.45, 7) is 5.95. The number of carbonyl (C=O) groups is 1. The second kappa shape index (κ2) is 4.06. The number of hydrogen-bond donors (Lipinski definition) is 1. The third kappa shape index (κ3) is 3.09. The number of aryl methyl sites for hydroxylation is 1. The van der Waals surface area contributed by atoms with Crippen molar-refractivity contribution in [2.24, 2.45) is 12.8 Å². The lowest BCUT2D eigenvalue weighted by Gasteiger charge is -2.18. The Bertz CT molecular complexity index is 361. The molecule has 0 aliphatic rings. The van der Waals surface area contributed by atoms with Crippen molar-refractivity contribution in [2.45, 2.75) is 32.9 Å². The average Bonchev–Trinajstić information content (AvgIpc) is 2.43. The highest BCUT2D eigenvalue weighted by Gasteiger charge is 2.19. The molecule has 0 fully saturated rings. The molecule has 0 radical (unpaired) electrons. The number of ether oxygens (including phenoxy) is 1. The molecule has 0 atom stereocenters. The Morgan fingerprint density at radius 3 is 2.53 bits per heavy atom. The van der Waals surface area contributed by atoms with Crippen molar-refractivity contribution in [3.05, 3.63) is 23.5 Å². The minimum Gasteiger partial charge on any atom is -0.456 e. The van der Waals surface area contributed by atoms with E-state index in [0.29, 0.717) is 12.1 Å². The van der Waals surface area contributed by atoms with Crippen LogP contribution in [-0.4, -0.2) is 16.1 Å². The van der Waals surface area contributed by atoms with Crippen LogP contribution >= 0.6 is 0 Å². The molecule has 0 unspecified atom stereocenters. The van der Waals surface area contributed by atoms with Crippen molar-refractivity contribution in [1.82, 2.24) is 4.57 Å². The first kappa shape index (κ1) is 11.8. The van der Waals surface area contributed by atoms with Crippen LogP contribution in [0.1, 0.15) is 36.8 Å². The maximum Gasteiger partial charge on any atom is 0.340 e. The zero-order valence-corrected chi connectivity index (χ0v) is 9.70. The molecule has 0 aliphatic heterocycles. The highest BCUT2D eigenvalue weighted by molar-refractivity contribution is 5.89. The molecule has 0 saturated heterocycles. The van der Waals surface area contributed by atoms with Crippen LogP contribution in [0.3, 0.4) is 0 Å². The van der Waals surface area contributed by atoms with Gasteiger partial charge in [0.15, 0.2) is 0 Å². The third-order valence-electron chi connectivity index (χ3n) is 1.95. The van der Waals surface area contributed by atoms with Crippen LogP contribution in [0.4, 0.5) is 0 Å². The van der Waals surface area contributed by atoms with Crippen LogP contribution in [-0.2, 0) is 18.3 Å². The maximum atomic E-state index is 11.7. The summed E-state index contributed by atoms with van der Waals surface area (Å²) in [5.41, 5.74) is 6.52. The lowest BCUT2D eigenvalue weighted by atomic mass is 10.2. The molecular weight excluding hydrogens is 192 g/mol. The highest BCUT2D eigenvalue weighted by Crippen LogP contribution is 2.14. The molecular formula is C11H18N2O2. The van der Waals surface area contributed by atoms with Gasteiger partial charge in [0, 0.05) is 25.5 Å². The Labute approximate surface area is 90.0 Å². The van der Waals surface area contributed by atoms with Crippen LogP contribution in [0.25, 0.3) is 0 Å². The number of nitrogens with zero attached hydrogens (tertiary/aromatic N) is 1. The number of carbonyl (C=O) groups excluding carboxylic acids is 1. The summed E-state index contributed by atoms with van der Waals surface area (Å²) in [6.07, 6.45) is 1.73. The summed E-state index contributed by atoms with van der Waals surface area (Å²) in [7, 11) is 1.86. The number of esters is 1. The molecule has 0 bridgehead atoms. The normalized spacial score (nSPS) is 11.5. The van der Waals surface area contributed by atoms with E-state index in [0.717, 1.165) is 5.69 Å². The highest BCUT2D eigenvalue weighted by atomic mass is 16.6. The number of aromatic nitrogens is 1. The summed E-state index contributed by atoms with van der Waals surface area (Å²) >= 11 is 0. The molecule has 2 N–H and O–H groups in total. The van der Waals surface area contributed by atoms with E-state index in [1.54, 1.807) is 12.3 Å². The van der Waals surface area contributed by atoms with E-state index in [2.05, 4.69) is 0 Å². The first-order valence-corrected chi connectivity index (χ1v) is 4.92. The second-order valence-corrected chi connectivity index (χ2v) is 4.54. The summed E-state index contributed by atoms with van der Waals surface area (Å²) < 4.78 is 7.08. The van der Waals surface area contributed by atoms with Gasteiger partial charge in [0.05, 0.1) is 5.56 Å². The fourth-order valence-corrected chi connectivity index (χ4v) is 1.26. The van der Waals surface area contributed by atoms with Crippen LogP contribution in [0.5, 0.6) is 0 Å². The smallest absolute Gasteiger partial charge is 0.340 e. The first-order chi connectivity index (χ1) is 6.83. The molecule has 0 amide bonds. The average molecular weight is 210 g/mol. The molecule has 84 valence electrons. The largest absolute Gasteiger partial charge is 0.456 e. The summed E-state index contributed by atoms with van der Waals surface area (Å²) in [4.78, 5) is 11.7. The van der Waals surface area contributed by atoms with E-state index in [-0.39, 0.29) is 5.97 Å². The van der Waals surface area contributed by atoms with Crippen molar-refractivity contribution >= 4 is 5.97 Å². The Morgan fingerprint density at radius 2 is 2.13 bits per heavy atom. The lowest BCUT2D eigenvalue weighted by Crippen LogP contribution is -2.23. The van der Waals surface area contributed by atoms with E-state index < -0.39 is 5.60 Å². The molecule has 1 aromatic rings. The Kier molecular flexibility index (Phi) is 3.19. The Hall–Kier alpha value is -1.29. The number of hydrogen-bond acceptors (Lipinski definition) is 3. The van der Waals surface area contributed by atoms with Crippen LogP contribution in [0, 0.1) is 0 Å². The van der Waals surface area contributed by atoms with E-state index >= 15 is 0 Å². The lowest BCUT2D eigenvalue weighted by molar-refractivity contribution is 0.00695. The summed E-state index contributed by atoms with van der Waals surface area (Å²) in [6, 6.07) is 1.76. The van der Waals surface area contributed by atoms with Gasteiger partial charge in [-0.15, -0.1) is 0 Å². The number of nitrogens with two attached hydrogens (primary N) is 1. The predicted molar refractivity (Wildman–Crippen MR) is 58.5 cm³/mol. The molecule has 0 spiro atoms. The van der Waals surface area contributed by atoms with Gasteiger partial charge in [0.1, 0.15) is 5.60 Å². The predicted octanol–water partition coefficient (Wildman–Crippen LogP) is 1.44. The molecule has 1 heterocycles. The molecule has 4 nitrogen and oxygen atoms in total. The number of rotatable bonds is 2. The first-order valence-electron chi connectivity index (χ1n) is 4.92. The topological polar surface area (TPSA) is 57.2 Å². The monoisotopic (exact) mass is 210 g/mol. The SMILES string of the molecule is Cn1cc(C(=O)OC(C)(C)C)cc1CN. The van der Waals surface area contributed by atoms with Crippen molar-refractivity contribution in [3.63, 3.8) is 0 Å². The van der Waals surface area contributed by atoms with Crippen LogP contribution in [0.15, 0.2) is 12.3 Å². The minimum absolute atomic E-state index is 0.308. The van der Waals surface area contributed by atoms with Crippen molar-refractivity contribution < 1.29 is 9.53 Å². The zero-order chi connectivity index (χ0) is 11.6. The van der Waals surface area contributed by atoms with E-state index in [1.807, 2.05) is 32.4 Å². The van der Waals surface area contributed by atoms with E-state index in [4.69, 9.17) is 10.5 Å². The van der Waals surface area contributed by atoms with Crippen LogP contribution < -0.4 is 5.73 Å². The maximum absolute atomic E-state index is 11.7. The van der Waals surface area contributed by atoms with Gasteiger partial charge in [0.25, 0.3) is 0 Å². The molecule has 0 saturated carbocycles. The zero-order valence-electron chi connectivity index (χ0n) is 9.70. The molecule has 1 rings (SSSR count). The third-order valence-corrected chi connectivity index (χ3v) is 1.95. The Morgan fingerprint density at radius 1 is 1.53 bits per heavy atom. The molecule has 0 aromatic carbocycles. The Balaban J connectivity index is 2.83. The quantitative estimate of drug-likeness (QED) is 0.751. The standard InChI is InChI=1S/C11H18N2O2/c1-11(2,3)15-10(14)8-5-9(6-12)13(4)7-8/h5,7H,6,12H2,1-4H3. The van der Waals surface area contributed by atoms with Crippen molar-refractivity contribution in [2.75, 3.05) is 0 Å². The molecule has 4 heteroatoms. The van der Waals surface area contributed by atoms with E-state index in [1.165, 1.54) is 0 Å². The van der Waals surface area contributed by atoms with Crippen molar-refractivity contribution in [1.29, 1.82) is 0 Å². The van der Waals surface area contributed by atoms with Crippen molar-refractivity contribution in [3.8, 4) is 0 Å². The van der Waals surface area contributed by atoms with Gasteiger partial charge in [-0.3, -0.25) is 0 Å².